The zero-order valence-corrected chi connectivity index (χ0v) is 29.9. The van der Waals surface area contributed by atoms with Gasteiger partial charge in [0.15, 0.2) is 5.78 Å². The number of halogens is 1. The molecule has 0 amide bonds. The summed E-state index contributed by atoms with van der Waals surface area (Å²) in [4.78, 5) is 14.1. The van der Waals surface area contributed by atoms with Crippen LogP contribution in [0.1, 0.15) is 120 Å². The molecule has 3 aliphatic carbocycles. The van der Waals surface area contributed by atoms with Crippen LogP contribution in [0.5, 0.6) is 0 Å². The van der Waals surface area contributed by atoms with Gasteiger partial charge >= 0.3 is 0 Å². The van der Waals surface area contributed by atoms with Crippen LogP contribution in [0, 0.1) is 45.8 Å². The SMILES string of the molecule is CC=C1C(Cl)=C(C23CC[C@@]4(C)C(C)CCC5C(C)(CCC(C)C5(C)C)PCCC4C2=C(C(C)C)C(=O)C3)NC1CCN. The summed E-state index contributed by atoms with van der Waals surface area (Å²) in [7, 11) is 0.988. The fourth-order valence-corrected chi connectivity index (χ4v) is 13.3. The van der Waals surface area contributed by atoms with Crippen LogP contribution in [0.3, 0.4) is 0 Å². The van der Waals surface area contributed by atoms with Crippen LogP contribution in [-0.2, 0) is 4.79 Å². The Morgan fingerprint density at radius 1 is 1.05 bits per heavy atom. The molecule has 0 bridgehead atoms. The number of hydrogen-bond donors (Lipinski definition) is 2. The number of nitrogens with one attached hydrogen (secondary N) is 1. The number of allylic oxidation sites excluding steroid dienone is 3. The van der Waals surface area contributed by atoms with Gasteiger partial charge in [-0.25, -0.2) is 0 Å². The lowest BCUT2D eigenvalue weighted by molar-refractivity contribution is -0.116. The average Bonchev–Trinajstić information content (AvgIpc) is 3.41. The van der Waals surface area contributed by atoms with Gasteiger partial charge in [-0.15, -0.1) is 8.58 Å². The fraction of sp³-hybridized carbons (Fsp3) is 0.811. The molecule has 5 aliphatic rings. The van der Waals surface area contributed by atoms with E-state index in [9.17, 15) is 4.79 Å². The monoisotopic (exact) mass is 614 g/mol. The van der Waals surface area contributed by atoms with Gasteiger partial charge in [-0.3, -0.25) is 4.79 Å². The molecule has 2 saturated carbocycles. The molecule has 3 fully saturated rings. The zero-order chi connectivity index (χ0) is 30.8. The van der Waals surface area contributed by atoms with Crippen LogP contribution in [0.25, 0.3) is 0 Å². The third-order valence-corrected chi connectivity index (χ3v) is 16.2. The molecule has 0 aromatic heterocycles. The number of carbonyl (C=O) groups excluding carboxylic acids is 1. The summed E-state index contributed by atoms with van der Waals surface area (Å²) < 4.78 is 0. The first-order chi connectivity index (χ1) is 19.7. The summed E-state index contributed by atoms with van der Waals surface area (Å²) in [5.74, 6) is 3.23. The zero-order valence-electron chi connectivity index (χ0n) is 28.2. The fourth-order valence-electron chi connectivity index (χ4n) is 10.7. The van der Waals surface area contributed by atoms with Crippen molar-refractivity contribution in [2.45, 2.75) is 131 Å². The summed E-state index contributed by atoms with van der Waals surface area (Å²) >= 11 is 7.30. The molecule has 8 unspecified atom stereocenters. The molecule has 0 spiro atoms. The van der Waals surface area contributed by atoms with Gasteiger partial charge < -0.3 is 11.1 Å². The molecule has 5 rings (SSSR count). The topological polar surface area (TPSA) is 55.1 Å². The Morgan fingerprint density at radius 3 is 2.40 bits per heavy atom. The molecule has 0 aromatic rings. The lowest BCUT2D eigenvalue weighted by Gasteiger charge is -2.58. The standard InChI is InChI=1S/C37H60ClN2OP/c1-10-25-27(14-19-39)40-33(32(25)38)37-18-17-35(8)24(5)11-12-29-34(6,7)23(4)13-16-36(29,9)42-20-15-26(35)31(37)30(22(2)3)28(41)21-37/h10,22-24,26-27,29,40,42H,11-21,39H2,1-9H3/t23?,24?,26?,27?,29?,35-,36?,37?/m0/s1. The highest BCUT2D eigenvalue weighted by molar-refractivity contribution is 7.40. The summed E-state index contributed by atoms with van der Waals surface area (Å²) in [5.41, 5.74) is 11.3. The Balaban J connectivity index is 1.60. The second-order valence-corrected chi connectivity index (χ2v) is 18.7. The molecule has 3 N–H and O–H groups in total. The van der Waals surface area contributed by atoms with Crippen molar-refractivity contribution < 1.29 is 4.79 Å². The molecule has 2 heterocycles. The van der Waals surface area contributed by atoms with Crippen molar-refractivity contribution in [1.29, 1.82) is 0 Å². The number of rotatable bonds is 4. The molecular formula is C37H60ClN2OP. The van der Waals surface area contributed by atoms with Gasteiger partial charge in [-0.1, -0.05) is 73.1 Å². The van der Waals surface area contributed by atoms with Gasteiger partial charge in [0.05, 0.1) is 11.1 Å². The largest absolute Gasteiger partial charge is 0.380 e. The minimum absolute atomic E-state index is 0.142. The Hall–Kier alpha value is -0.630. The van der Waals surface area contributed by atoms with Crippen molar-refractivity contribution in [3.05, 3.63) is 33.5 Å². The maximum absolute atomic E-state index is 14.1. The van der Waals surface area contributed by atoms with Crippen LogP contribution in [0.4, 0.5) is 0 Å². The molecule has 0 radical (unpaired) electrons. The first kappa shape index (κ1) is 32.8. The molecule has 236 valence electrons. The third kappa shape index (κ3) is 4.94. The van der Waals surface area contributed by atoms with Crippen LogP contribution in [0.15, 0.2) is 33.5 Å². The first-order valence-electron chi connectivity index (χ1n) is 17.2. The quantitative estimate of drug-likeness (QED) is 0.310. The van der Waals surface area contributed by atoms with Crippen molar-refractivity contribution in [3.8, 4) is 0 Å². The van der Waals surface area contributed by atoms with Crippen LogP contribution < -0.4 is 11.1 Å². The van der Waals surface area contributed by atoms with Crippen molar-refractivity contribution in [1.82, 2.24) is 5.32 Å². The molecule has 0 aromatic carbocycles. The highest BCUT2D eigenvalue weighted by Crippen LogP contribution is 2.68. The normalized spacial score (nSPS) is 44.0. The van der Waals surface area contributed by atoms with Crippen molar-refractivity contribution in [2.75, 3.05) is 12.7 Å². The summed E-state index contributed by atoms with van der Waals surface area (Å²) in [6.45, 7) is 22.7. The van der Waals surface area contributed by atoms with Crippen molar-refractivity contribution in [2.24, 2.45) is 51.6 Å². The van der Waals surface area contributed by atoms with E-state index < -0.39 is 0 Å². The lowest BCUT2D eigenvalue weighted by atomic mass is 9.50. The highest BCUT2D eigenvalue weighted by atomic mass is 35.5. The van der Waals surface area contributed by atoms with Gasteiger partial charge in [0.1, 0.15) is 0 Å². The molecule has 42 heavy (non-hydrogen) atoms. The molecule has 9 atom stereocenters. The Morgan fingerprint density at radius 2 is 1.76 bits per heavy atom. The number of Topliss-reactive ketones (excluding diaryl/α,β-unsaturated/α-hetero) is 1. The van der Waals surface area contributed by atoms with Gasteiger partial charge in [-0.05, 0) is 133 Å². The molecule has 3 nitrogen and oxygen atoms in total. The molecule has 1 saturated heterocycles. The van der Waals surface area contributed by atoms with E-state index in [-0.39, 0.29) is 22.8 Å². The van der Waals surface area contributed by atoms with E-state index in [2.05, 4.69) is 73.7 Å². The second-order valence-electron chi connectivity index (χ2n) is 16.4. The second kappa shape index (κ2) is 11.6. The van der Waals surface area contributed by atoms with E-state index in [4.69, 9.17) is 17.3 Å². The van der Waals surface area contributed by atoms with Crippen LogP contribution in [0.2, 0.25) is 0 Å². The predicted octanol–water partition coefficient (Wildman–Crippen LogP) is 9.36. The van der Waals surface area contributed by atoms with Gasteiger partial charge in [-0.2, -0.15) is 0 Å². The number of nitrogens with two attached hydrogens (primary N) is 1. The predicted molar refractivity (Wildman–Crippen MR) is 182 cm³/mol. The average molecular weight is 615 g/mol. The van der Waals surface area contributed by atoms with E-state index in [0.717, 1.165) is 56.0 Å². The van der Waals surface area contributed by atoms with E-state index in [1.54, 1.807) is 0 Å². The minimum atomic E-state index is -0.294. The summed E-state index contributed by atoms with van der Waals surface area (Å²) in [5, 5.41) is 5.19. The summed E-state index contributed by atoms with van der Waals surface area (Å²) in [6.07, 6.45) is 13.6. The van der Waals surface area contributed by atoms with E-state index in [1.807, 2.05) is 0 Å². The third-order valence-electron chi connectivity index (χ3n) is 13.8. The Labute approximate surface area is 264 Å². The molecule has 5 heteroatoms. The molecular weight excluding hydrogens is 555 g/mol. The van der Waals surface area contributed by atoms with Crippen molar-refractivity contribution in [3.63, 3.8) is 0 Å². The van der Waals surface area contributed by atoms with Crippen LogP contribution >= 0.6 is 20.2 Å². The van der Waals surface area contributed by atoms with E-state index >= 15 is 0 Å². The maximum atomic E-state index is 14.1. The van der Waals surface area contributed by atoms with Gasteiger partial charge in [0.2, 0.25) is 0 Å². The number of carbonyl (C=O) groups is 1. The Bertz CT molecular complexity index is 1180. The number of hydrogen-bond acceptors (Lipinski definition) is 3. The van der Waals surface area contributed by atoms with E-state index in [1.165, 1.54) is 49.4 Å². The van der Waals surface area contributed by atoms with Crippen molar-refractivity contribution >= 4 is 26.0 Å². The number of ketones is 1. The first-order valence-corrected chi connectivity index (χ1v) is 18.8. The lowest BCUT2D eigenvalue weighted by Crippen LogP contribution is -2.51. The van der Waals surface area contributed by atoms with Crippen LogP contribution in [-0.4, -0.2) is 29.7 Å². The highest BCUT2D eigenvalue weighted by Gasteiger charge is 2.61. The number of fused-ring (bicyclic) bond motifs is 4. The minimum Gasteiger partial charge on any atom is -0.380 e. The molecule has 2 aliphatic heterocycles. The summed E-state index contributed by atoms with van der Waals surface area (Å²) in [6, 6.07) is 0.142. The van der Waals surface area contributed by atoms with Gasteiger partial charge in [0.25, 0.3) is 0 Å². The van der Waals surface area contributed by atoms with Gasteiger partial charge in [0, 0.05) is 17.5 Å². The smallest absolute Gasteiger partial charge is 0.160 e. The maximum Gasteiger partial charge on any atom is 0.160 e. The van der Waals surface area contributed by atoms with E-state index in [0.29, 0.717) is 41.2 Å². The Kier molecular flexibility index (Phi) is 9.07.